The van der Waals surface area contributed by atoms with Gasteiger partial charge in [0.25, 0.3) is 5.91 Å². The minimum absolute atomic E-state index is 0.0357. The van der Waals surface area contributed by atoms with Crippen LogP contribution in [-0.2, 0) is 9.53 Å². The smallest absolute Gasteiger partial charge is 0.334 e. The Kier molecular flexibility index (Phi) is 4.60. The third-order valence-electron chi connectivity index (χ3n) is 4.91. The number of para-hydroxylation sites is 1. The SMILES string of the molecule is Cc1nc2cc(C(=O)N3CC(C(=O)O)O[C@H](C)C3)ccc2n1-c1ccccc1. The van der Waals surface area contributed by atoms with Gasteiger partial charge in [0, 0.05) is 17.8 Å². The largest absolute Gasteiger partial charge is 0.479 e. The molecule has 0 bridgehead atoms. The van der Waals surface area contributed by atoms with Gasteiger partial charge in [-0.05, 0) is 44.2 Å². The van der Waals surface area contributed by atoms with Crippen LogP contribution in [-0.4, -0.2) is 56.7 Å². The van der Waals surface area contributed by atoms with Crippen molar-refractivity contribution in [3.63, 3.8) is 0 Å². The highest BCUT2D eigenvalue weighted by Crippen LogP contribution is 2.23. The number of aryl methyl sites for hydroxylation is 1. The number of carboxylic acid groups (broad SMARTS) is 1. The Balaban J connectivity index is 1.67. The van der Waals surface area contributed by atoms with Gasteiger partial charge in [-0.25, -0.2) is 9.78 Å². The lowest BCUT2D eigenvalue weighted by Crippen LogP contribution is -2.51. The number of hydrogen-bond donors (Lipinski definition) is 1. The lowest BCUT2D eigenvalue weighted by molar-refractivity contribution is -0.160. The zero-order valence-electron chi connectivity index (χ0n) is 15.7. The molecule has 0 radical (unpaired) electrons. The molecule has 0 spiro atoms. The average Bonchev–Trinajstić information content (AvgIpc) is 3.02. The molecule has 2 aromatic carbocycles. The van der Waals surface area contributed by atoms with Gasteiger partial charge in [0.1, 0.15) is 5.82 Å². The maximum absolute atomic E-state index is 13.0. The normalized spacial score (nSPS) is 19.7. The van der Waals surface area contributed by atoms with E-state index in [1.807, 2.05) is 47.9 Å². The first-order valence-corrected chi connectivity index (χ1v) is 9.16. The summed E-state index contributed by atoms with van der Waals surface area (Å²) in [6.07, 6.45) is -1.34. The number of amides is 1. The molecule has 1 aliphatic heterocycles. The number of fused-ring (bicyclic) bond motifs is 1. The zero-order chi connectivity index (χ0) is 19.8. The predicted octanol–water partition coefficient (Wildman–Crippen LogP) is 2.65. The Bertz CT molecular complexity index is 1040. The van der Waals surface area contributed by atoms with Gasteiger partial charge in [-0.2, -0.15) is 0 Å². The van der Waals surface area contributed by atoms with Crippen molar-refractivity contribution in [3.05, 3.63) is 59.9 Å². The number of aliphatic carboxylic acids is 1. The molecule has 7 heteroatoms. The summed E-state index contributed by atoms with van der Waals surface area (Å²) in [5, 5.41) is 9.23. The van der Waals surface area contributed by atoms with Crippen LogP contribution < -0.4 is 0 Å². The molecule has 1 amide bonds. The molecule has 2 heterocycles. The Labute approximate surface area is 162 Å². The molecule has 1 unspecified atom stereocenters. The van der Waals surface area contributed by atoms with Crippen LogP contribution in [0.25, 0.3) is 16.7 Å². The van der Waals surface area contributed by atoms with Gasteiger partial charge in [-0.3, -0.25) is 9.36 Å². The van der Waals surface area contributed by atoms with Crippen LogP contribution in [0.5, 0.6) is 0 Å². The summed E-state index contributed by atoms with van der Waals surface area (Å²) in [6.45, 7) is 4.09. The molecule has 7 nitrogen and oxygen atoms in total. The van der Waals surface area contributed by atoms with Crippen molar-refractivity contribution < 1.29 is 19.4 Å². The molecule has 3 aromatic rings. The van der Waals surface area contributed by atoms with E-state index in [9.17, 15) is 14.7 Å². The maximum atomic E-state index is 13.0. The van der Waals surface area contributed by atoms with Gasteiger partial charge in [0.2, 0.25) is 0 Å². The van der Waals surface area contributed by atoms with Crippen LogP contribution in [0, 0.1) is 6.92 Å². The monoisotopic (exact) mass is 379 g/mol. The lowest BCUT2D eigenvalue weighted by atomic mass is 10.1. The van der Waals surface area contributed by atoms with Crippen LogP contribution in [0.4, 0.5) is 0 Å². The molecule has 4 rings (SSSR count). The summed E-state index contributed by atoms with van der Waals surface area (Å²) in [4.78, 5) is 30.4. The van der Waals surface area contributed by atoms with E-state index in [1.54, 1.807) is 19.1 Å². The van der Waals surface area contributed by atoms with Crippen LogP contribution in [0.3, 0.4) is 0 Å². The van der Waals surface area contributed by atoms with Gasteiger partial charge >= 0.3 is 5.97 Å². The highest BCUT2D eigenvalue weighted by Gasteiger charge is 2.33. The van der Waals surface area contributed by atoms with Gasteiger partial charge in [-0.1, -0.05) is 18.2 Å². The Morgan fingerprint density at radius 1 is 1.14 bits per heavy atom. The fraction of sp³-hybridized carbons (Fsp3) is 0.286. The van der Waals surface area contributed by atoms with Crippen molar-refractivity contribution in [3.8, 4) is 5.69 Å². The number of rotatable bonds is 3. The van der Waals surface area contributed by atoms with Crippen molar-refractivity contribution in [1.29, 1.82) is 0 Å². The maximum Gasteiger partial charge on any atom is 0.334 e. The Hall–Kier alpha value is -3.19. The van der Waals surface area contributed by atoms with Crippen molar-refractivity contribution in [2.24, 2.45) is 0 Å². The van der Waals surface area contributed by atoms with E-state index in [0.29, 0.717) is 12.1 Å². The van der Waals surface area contributed by atoms with E-state index in [2.05, 4.69) is 4.98 Å². The number of morpholine rings is 1. The first-order chi connectivity index (χ1) is 13.4. The van der Waals surface area contributed by atoms with Gasteiger partial charge < -0.3 is 14.7 Å². The summed E-state index contributed by atoms with van der Waals surface area (Å²) in [7, 11) is 0. The molecule has 1 aromatic heterocycles. The second-order valence-corrected chi connectivity index (χ2v) is 7.02. The van der Waals surface area contributed by atoms with Crippen molar-refractivity contribution in [2.45, 2.75) is 26.1 Å². The highest BCUT2D eigenvalue weighted by molar-refractivity contribution is 5.98. The van der Waals surface area contributed by atoms with E-state index in [4.69, 9.17) is 4.74 Å². The number of aromatic nitrogens is 2. The van der Waals surface area contributed by atoms with Crippen molar-refractivity contribution in [2.75, 3.05) is 13.1 Å². The molecular formula is C21H21N3O4. The summed E-state index contributed by atoms with van der Waals surface area (Å²) < 4.78 is 7.44. The van der Waals surface area contributed by atoms with Crippen LogP contribution in [0.2, 0.25) is 0 Å². The number of carbonyl (C=O) groups excluding carboxylic acids is 1. The molecule has 1 saturated heterocycles. The lowest BCUT2D eigenvalue weighted by Gasteiger charge is -2.35. The Morgan fingerprint density at radius 3 is 2.61 bits per heavy atom. The van der Waals surface area contributed by atoms with E-state index in [0.717, 1.165) is 22.5 Å². The standard InChI is InChI=1S/C21H21N3O4/c1-13-11-23(12-19(28-13)21(26)27)20(25)15-8-9-18-17(10-15)22-14(2)24(18)16-6-4-3-5-7-16/h3-10,13,19H,11-12H2,1-2H3,(H,26,27)/t13-,19?/m1/s1. The number of imidazole rings is 1. The minimum atomic E-state index is -1.06. The fourth-order valence-corrected chi connectivity index (χ4v) is 3.67. The number of ether oxygens (including phenoxy) is 1. The van der Waals surface area contributed by atoms with E-state index < -0.39 is 12.1 Å². The van der Waals surface area contributed by atoms with E-state index >= 15 is 0 Å². The molecule has 28 heavy (non-hydrogen) atoms. The Morgan fingerprint density at radius 2 is 1.89 bits per heavy atom. The molecule has 0 aliphatic carbocycles. The summed E-state index contributed by atoms with van der Waals surface area (Å²) in [6, 6.07) is 15.3. The van der Waals surface area contributed by atoms with Crippen LogP contribution >= 0.6 is 0 Å². The number of nitrogens with zero attached hydrogens (tertiary/aromatic N) is 3. The van der Waals surface area contributed by atoms with E-state index in [-0.39, 0.29) is 18.6 Å². The van der Waals surface area contributed by atoms with Gasteiger partial charge in [0.15, 0.2) is 6.10 Å². The number of carbonyl (C=O) groups is 2. The molecule has 2 atom stereocenters. The molecule has 1 fully saturated rings. The van der Waals surface area contributed by atoms with Crippen molar-refractivity contribution in [1.82, 2.24) is 14.5 Å². The topological polar surface area (TPSA) is 84.7 Å². The number of benzene rings is 2. The molecule has 144 valence electrons. The summed E-state index contributed by atoms with van der Waals surface area (Å²) in [5.41, 5.74) is 3.14. The first kappa shape index (κ1) is 18.2. The number of carboxylic acids is 1. The molecule has 1 N–H and O–H groups in total. The quantitative estimate of drug-likeness (QED) is 0.756. The van der Waals surface area contributed by atoms with Crippen LogP contribution in [0.1, 0.15) is 23.1 Å². The van der Waals surface area contributed by atoms with Crippen LogP contribution in [0.15, 0.2) is 48.5 Å². The highest BCUT2D eigenvalue weighted by atomic mass is 16.5. The molecule has 0 saturated carbocycles. The van der Waals surface area contributed by atoms with Gasteiger partial charge in [0.05, 0.1) is 23.7 Å². The summed E-state index contributed by atoms with van der Waals surface area (Å²) >= 11 is 0. The average molecular weight is 379 g/mol. The second kappa shape index (κ2) is 7.09. The second-order valence-electron chi connectivity index (χ2n) is 7.02. The molecule has 1 aliphatic rings. The summed E-state index contributed by atoms with van der Waals surface area (Å²) in [5.74, 6) is -0.441. The fourth-order valence-electron chi connectivity index (χ4n) is 3.67. The zero-order valence-corrected chi connectivity index (χ0v) is 15.7. The van der Waals surface area contributed by atoms with Gasteiger partial charge in [-0.15, -0.1) is 0 Å². The predicted molar refractivity (Wildman–Crippen MR) is 104 cm³/mol. The first-order valence-electron chi connectivity index (χ1n) is 9.16. The third kappa shape index (κ3) is 3.25. The third-order valence-corrected chi connectivity index (χ3v) is 4.91. The minimum Gasteiger partial charge on any atom is -0.479 e. The van der Waals surface area contributed by atoms with E-state index in [1.165, 1.54) is 4.90 Å². The number of hydrogen-bond acceptors (Lipinski definition) is 4. The molecular weight excluding hydrogens is 358 g/mol. The van der Waals surface area contributed by atoms with Crippen molar-refractivity contribution >= 4 is 22.9 Å².